The largest absolute Gasteiger partial charge is 0.326 e. The summed E-state index contributed by atoms with van der Waals surface area (Å²) in [6.45, 7) is 1.91. The second-order valence-corrected chi connectivity index (χ2v) is 6.57. The van der Waals surface area contributed by atoms with Crippen LogP contribution in [0.1, 0.15) is 35.7 Å². The molecule has 2 aromatic rings. The molecule has 0 heterocycles. The van der Waals surface area contributed by atoms with Crippen LogP contribution in [0.25, 0.3) is 6.08 Å². The smallest absolute Gasteiger partial charge is 0.269 e. The van der Waals surface area contributed by atoms with E-state index in [1.165, 1.54) is 36.4 Å². The van der Waals surface area contributed by atoms with Crippen molar-refractivity contribution in [3.05, 3.63) is 71.6 Å². The van der Waals surface area contributed by atoms with Crippen molar-refractivity contribution in [2.24, 2.45) is 0 Å². The molecule has 0 aliphatic rings. The van der Waals surface area contributed by atoms with Crippen LogP contribution in [-0.4, -0.2) is 22.8 Å². The Morgan fingerprint density at radius 3 is 2.30 bits per heavy atom. The highest BCUT2D eigenvalue weighted by atomic mass is 32.1. The summed E-state index contributed by atoms with van der Waals surface area (Å²) in [4.78, 5) is 35.5. The van der Waals surface area contributed by atoms with Gasteiger partial charge in [0.25, 0.3) is 5.91 Å². The molecule has 3 amide bonds. The van der Waals surface area contributed by atoms with Gasteiger partial charge in [-0.2, -0.15) is 0 Å². The lowest BCUT2D eigenvalue weighted by atomic mass is 10.2. The quantitative estimate of drug-likeness (QED) is 0.322. The van der Waals surface area contributed by atoms with Crippen molar-refractivity contribution in [2.75, 3.05) is 5.32 Å². The number of halogens is 1. The van der Waals surface area contributed by atoms with Crippen molar-refractivity contribution in [3.8, 4) is 0 Å². The van der Waals surface area contributed by atoms with Gasteiger partial charge < -0.3 is 5.32 Å². The van der Waals surface area contributed by atoms with Crippen LogP contribution in [0, 0.1) is 5.82 Å². The molecule has 0 saturated heterocycles. The van der Waals surface area contributed by atoms with E-state index in [0.717, 1.165) is 6.42 Å². The topological polar surface area (TPSA) is 99.3 Å². The van der Waals surface area contributed by atoms with E-state index in [2.05, 4.69) is 21.5 Å². The first-order valence-corrected chi connectivity index (χ1v) is 9.53. The van der Waals surface area contributed by atoms with Gasteiger partial charge in [-0.05, 0) is 66.7 Å². The minimum absolute atomic E-state index is 0.0917. The van der Waals surface area contributed by atoms with Gasteiger partial charge in [-0.3, -0.25) is 30.6 Å². The molecule has 30 heavy (non-hydrogen) atoms. The van der Waals surface area contributed by atoms with Crippen molar-refractivity contribution < 1.29 is 18.8 Å². The van der Waals surface area contributed by atoms with Gasteiger partial charge in [-0.15, -0.1) is 0 Å². The maximum absolute atomic E-state index is 12.8. The Kier molecular flexibility index (Phi) is 8.64. The standard InChI is InChI=1S/C21H21FN4O3S/c1-2-3-18(27)23-17-11-7-15(8-12-17)20(29)25-26-21(30)24-19(28)13-6-14-4-9-16(22)10-5-14/h4-13H,2-3H2,1H3,(H,23,27)(H,25,29)(H2,24,26,28,30). The van der Waals surface area contributed by atoms with Crippen LogP contribution >= 0.6 is 12.2 Å². The van der Waals surface area contributed by atoms with Gasteiger partial charge in [-0.25, -0.2) is 4.39 Å². The van der Waals surface area contributed by atoms with Crippen LogP contribution in [0.15, 0.2) is 54.6 Å². The zero-order valence-electron chi connectivity index (χ0n) is 16.2. The molecule has 0 fully saturated rings. The fourth-order valence-electron chi connectivity index (χ4n) is 2.27. The van der Waals surface area contributed by atoms with Crippen molar-refractivity contribution in [3.63, 3.8) is 0 Å². The molecule has 0 radical (unpaired) electrons. The lowest BCUT2D eigenvalue weighted by Crippen LogP contribution is -2.48. The van der Waals surface area contributed by atoms with E-state index in [0.29, 0.717) is 23.2 Å². The first-order chi connectivity index (χ1) is 14.4. The lowest BCUT2D eigenvalue weighted by Gasteiger charge is -2.10. The Hall–Kier alpha value is -3.59. The molecule has 4 N–H and O–H groups in total. The molecule has 0 saturated carbocycles. The van der Waals surface area contributed by atoms with E-state index in [9.17, 15) is 18.8 Å². The summed E-state index contributed by atoms with van der Waals surface area (Å²) in [5.74, 6) is -1.45. The molecule has 9 heteroatoms. The maximum atomic E-state index is 12.8. The summed E-state index contributed by atoms with van der Waals surface area (Å²) in [6.07, 6.45) is 3.90. The average Bonchev–Trinajstić information content (AvgIpc) is 2.72. The lowest BCUT2D eigenvalue weighted by molar-refractivity contribution is -0.116. The molecule has 0 spiro atoms. The van der Waals surface area contributed by atoms with E-state index in [-0.39, 0.29) is 16.8 Å². The Labute approximate surface area is 178 Å². The number of hydrogen-bond acceptors (Lipinski definition) is 4. The number of carbonyl (C=O) groups is 3. The molecular weight excluding hydrogens is 407 g/mol. The number of thiocarbonyl (C=S) groups is 1. The molecule has 0 atom stereocenters. The van der Waals surface area contributed by atoms with Gasteiger partial charge in [0, 0.05) is 23.7 Å². The zero-order valence-corrected chi connectivity index (χ0v) is 17.0. The van der Waals surface area contributed by atoms with E-state index in [4.69, 9.17) is 12.2 Å². The third kappa shape index (κ3) is 7.80. The maximum Gasteiger partial charge on any atom is 0.269 e. The van der Waals surface area contributed by atoms with Gasteiger partial charge in [0.15, 0.2) is 5.11 Å². The summed E-state index contributed by atoms with van der Waals surface area (Å²) in [6, 6.07) is 11.9. The van der Waals surface area contributed by atoms with Crippen LogP contribution in [0.5, 0.6) is 0 Å². The molecule has 0 bridgehead atoms. The second-order valence-electron chi connectivity index (χ2n) is 6.16. The van der Waals surface area contributed by atoms with E-state index >= 15 is 0 Å². The van der Waals surface area contributed by atoms with Crippen LogP contribution in [0.3, 0.4) is 0 Å². The number of nitrogens with one attached hydrogen (secondary N) is 4. The predicted molar refractivity (Wildman–Crippen MR) is 117 cm³/mol. The number of hydrazine groups is 1. The van der Waals surface area contributed by atoms with Gasteiger partial charge in [0.05, 0.1) is 0 Å². The molecular formula is C21H21FN4O3S. The Morgan fingerprint density at radius 2 is 1.67 bits per heavy atom. The molecule has 2 aromatic carbocycles. The van der Waals surface area contributed by atoms with Crippen molar-refractivity contribution in [1.29, 1.82) is 0 Å². The third-order valence-electron chi connectivity index (χ3n) is 3.73. The molecule has 7 nitrogen and oxygen atoms in total. The summed E-state index contributed by atoms with van der Waals surface area (Å²) in [7, 11) is 0. The highest BCUT2D eigenvalue weighted by molar-refractivity contribution is 7.80. The van der Waals surface area contributed by atoms with E-state index in [1.54, 1.807) is 24.3 Å². The Morgan fingerprint density at radius 1 is 1.00 bits per heavy atom. The van der Waals surface area contributed by atoms with Crippen LogP contribution < -0.4 is 21.5 Å². The number of benzene rings is 2. The normalized spacial score (nSPS) is 10.3. The van der Waals surface area contributed by atoms with Crippen molar-refractivity contribution in [1.82, 2.24) is 16.2 Å². The SMILES string of the molecule is CCCC(=O)Nc1ccc(C(=O)NNC(=S)NC(=O)C=Cc2ccc(F)cc2)cc1. The number of amides is 3. The summed E-state index contributed by atoms with van der Waals surface area (Å²) >= 11 is 4.95. The minimum atomic E-state index is -0.516. The average molecular weight is 428 g/mol. The van der Waals surface area contributed by atoms with Crippen LogP contribution in [0.4, 0.5) is 10.1 Å². The third-order valence-corrected chi connectivity index (χ3v) is 3.94. The highest BCUT2D eigenvalue weighted by Crippen LogP contribution is 2.10. The summed E-state index contributed by atoms with van der Waals surface area (Å²) < 4.78 is 12.8. The Bertz CT molecular complexity index is 944. The molecule has 156 valence electrons. The molecule has 0 aliphatic heterocycles. The number of carbonyl (C=O) groups excluding carboxylic acids is 3. The fraction of sp³-hybridized carbons (Fsp3) is 0.143. The van der Waals surface area contributed by atoms with Crippen molar-refractivity contribution >= 4 is 46.8 Å². The number of anilines is 1. The van der Waals surface area contributed by atoms with Gasteiger partial charge in [0.2, 0.25) is 11.8 Å². The second kappa shape index (κ2) is 11.4. The summed E-state index contributed by atoms with van der Waals surface area (Å²) in [5.41, 5.74) is 6.37. The highest BCUT2D eigenvalue weighted by Gasteiger charge is 2.08. The van der Waals surface area contributed by atoms with E-state index in [1.807, 2.05) is 6.92 Å². The number of rotatable bonds is 6. The molecule has 0 aliphatic carbocycles. The first-order valence-electron chi connectivity index (χ1n) is 9.12. The van der Waals surface area contributed by atoms with Crippen LogP contribution in [0.2, 0.25) is 0 Å². The fourth-order valence-corrected chi connectivity index (χ4v) is 2.42. The van der Waals surface area contributed by atoms with Gasteiger partial charge in [0.1, 0.15) is 5.82 Å². The summed E-state index contributed by atoms with van der Waals surface area (Å²) in [5, 5.41) is 5.00. The van der Waals surface area contributed by atoms with E-state index < -0.39 is 11.8 Å². The zero-order chi connectivity index (χ0) is 21.9. The van der Waals surface area contributed by atoms with Crippen molar-refractivity contribution in [2.45, 2.75) is 19.8 Å². The number of hydrogen-bond donors (Lipinski definition) is 4. The van der Waals surface area contributed by atoms with Crippen LogP contribution in [-0.2, 0) is 9.59 Å². The van der Waals surface area contributed by atoms with Gasteiger partial charge in [-0.1, -0.05) is 19.1 Å². The molecule has 2 rings (SSSR count). The monoisotopic (exact) mass is 428 g/mol. The first kappa shape index (κ1) is 22.7. The predicted octanol–water partition coefficient (Wildman–Crippen LogP) is 2.91. The Balaban J connectivity index is 1.78. The molecule has 0 aromatic heterocycles. The van der Waals surface area contributed by atoms with Gasteiger partial charge >= 0.3 is 0 Å². The minimum Gasteiger partial charge on any atom is -0.326 e. The molecule has 0 unspecified atom stereocenters.